The van der Waals surface area contributed by atoms with Gasteiger partial charge in [-0.05, 0) is 48.5 Å². The van der Waals surface area contributed by atoms with Crippen LogP contribution in [0.25, 0.3) is 0 Å². The summed E-state index contributed by atoms with van der Waals surface area (Å²) in [4.78, 5) is 24.7. The fraction of sp³-hybridized carbons (Fsp3) is 0.238. The maximum absolute atomic E-state index is 13.0. The fourth-order valence-electron chi connectivity index (χ4n) is 2.79. The van der Waals surface area contributed by atoms with Crippen LogP contribution in [0.4, 0.5) is 10.1 Å². The Balaban J connectivity index is 1.60. The highest BCUT2D eigenvalue weighted by atomic mass is 32.2. The number of nitrogens with one attached hydrogen (secondary N) is 2. The second kappa shape index (κ2) is 10.7. The van der Waals surface area contributed by atoms with E-state index in [9.17, 15) is 19.1 Å². The van der Waals surface area contributed by atoms with Crippen LogP contribution in [0.3, 0.4) is 0 Å². The van der Waals surface area contributed by atoms with Gasteiger partial charge in [-0.1, -0.05) is 11.8 Å². The van der Waals surface area contributed by atoms with Crippen molar-refractivity contribution >= 4 is 29.3 Å². The molecular weight excluding hydrogens is 437 g/mol. The van der Waals surface area contributed by atoms with E-state index in [-0.39, 0.29) is 30.0 Å². The third-order valence-corrected chi connectivity index (χ3v) is 5.50. The Bertz CT molecular complexity index is 1070. The molecule has 1 heterocycles. The molecule has 168 valence electrons. The van der Waals surface area contributed by atoms with Gasteiger partial charge < -0.3 is 25.0 Å². The van der Waals surface area contributed by atoms with E-state index in [1.54, 1.807) is 35.9 Å². The van der Waals surface area contributed by atoms with Gasteiger partial charge in [0.15, 0.2) is 11.0 Å². The zero-order chi connectivity index (χ0) is 23.1. The van der Waals surface area contributed by atoms with E-state index in [4.69, 9.17) is 4.74 Å². The van der Waals surface area contributed by atoms with E-state index in [1.165, 1.54) is 31.4 Å². The molecule has 2 amide bonds. The van der Waals surface area contributed by atoms with E-state index in [0.29, 0.717) is 28.0 Å². The lowest BCUT2D eigenvalue weighted by atomic mass is 10.2. The minimum Gasteiger partial charge on any atom is -0.497 e. The predicted molar refractivity (Wildman–Crippen MR) is 117 cm³/mol. The molecule has 0 aliphatic carbocycles. The number of thioether (sulfide) groups is 1. The first-order chi connectivity index (χ1) is 15.4. The molecule has 0 aliphatic heterocycles. The number of carbonyl (C=O) groups excluding carboxylic acids is 2. The number of ether oxygens (including phenoxy) is 1. The number of hydrogen-bond acceptors (Lipinski definition) is 7. The molecule has 1 unspecified atom stereocenters. The number of aromatic nitrogens is 3. The second-order valence-corrected chi connectivity index (χ2v) is 7.62. The number of methoxy groups -OCH3 is 1. The molecular formula is C21H22FN5O4S. The van der Waals surface area contributed by atoms with Crippen LogP contribution in [-0.4, -0.2) is 51.2 Å². The summed E-state index contributed by atoms with van der Waals surface area (Å²) in [6.45, 7) is -0.385. The van der Waals surface area contributed by atoms with E-state index in [2.05, 4.69) is 20.8 Å². The Morgan fingerprint density at radius 1 is 1.16 bits per heavy atom. The lowest BCUT2D eigenvalue weighted by Crippen LogP contribution is -2.32. The first-order valence-electron chi connectivity index (χ1n) is 9.54. The maximum atomic E-state index is 13.0. The van der Waals surface area contributed by atoms with Gasteiger partial charge in [-0.3, -0.25) is 9.59 Å². The van der Waals surface area contributed by atoms with E-state index in [1.807, 2.05) is 0 Å². The molecule has 0 radical (unpaired) electrons. The molecule has 3 aromatic rings. The summed E-state index contributed by atoms with van der Waals surface area (Å²) in [5.74, 6) is -0.0537. The van der Waals surface area contributed by atoms with Crippen molar-refractivity contribution in [3.05, 3.63) is 65.7 Å². The number of amides is 2. The molecule has 0 spiro atoms. The van der Waals surface area contributed by atoms with Gasteiger partial charge in [-0.15, -0.1) is 10.2 Å². The summed E-state index contributed by atoms with van der Waals surface area (Å²) in [5, 5.41) is 23.7. The molecule has 0 bridgehead atoms. The highest BCUT2D eigenvalue weighted by Gasteiger charge is 2.22. The van der Waals surface area contributed by atoms with Crippen molar-refractivity contribution in [3.8, 4) is 5.75 Å². The Labute approximate surface area is 188 Å². The van der Waals surface area contributed by atoms with Gasteiger partial charge in [0.1, 0.15) is 17.6 Å². The van der Waals surface area contributed by atoms with Crippen molar-refractivity contribution in [3.63, 3.8) is 0 Å². The molecule has 0 aliphatic rings. The van der Waals surface area contributed by atoms with Crippen LogP contribution >= 0.6 is 11.8 Å². The van der Waals surface area contributed by atoms with E-state index >= 15 is 0 Å². The number of benzene rings is 2. The number of hydrogen-bond donors (Lipinski definition) is 3. The summed E-state index contributed by atoms with van der Waals surface area (Å²) in [6.07, 6.45) is 0. The van der Waals surface area contributed by atoms with Gasteiger partial charge in [0.05, 0.1) is 19.5 Å². The number of nitrogens with zero attached hydrogens (tertiary/aromatic N) is 3. The van der Waals surface area contributed by atoms with Crippen LogP contribution < -0.4 is 15.4 Å². The summed E-state index contributed by atoms with van der Waals surface area (Å²) in [6, 6.07) is 11.2. The summed E-state index contributed by atoms with van der Waals surface area (Å²) in [7, 11) is 3.21. The summed E-state index contributed by atoms with van der Waals surface area (Å²) < 4.78 is 19.6. The Hall–Kier alpha value is -3.44. The predicted octanol–water partition coefficient (Wildman–Crippen LogP) is 2.16. The zero-order valence-electron chi connectivity index (χ0n) is 17.4. The molecule has 0 saturated heterocycles. The summed E-state index contributed by atoms with van der Waals surface area (Å²) in [5.41, 5.74) is 0.885. The lowest BCUT2D eigenvalue weighted by molar-refractivity contribution is -0.113. The smallest absolute Gasteiger partial charge is 0.251 e. The van der Waals surface area contributed by atoms with Gasteiger partial charge >= 0.3 is 0 Å². The first-order valence-corrected chi connectivity index (χ1v) is 10.5. The Kier molecular flexibility index (Phi) is 7.79. The number of aliphatic hydroxyl groups is 1. The normalized spacial score (nSPS) is 11.6. The standard InChI is InChI=1S/C21H22FN5O4S/c1-27-19(17(11-28)24-20(30)13-3-9-16(31-2)10-4-13)25-26-21(27)32-12-18(29)23-15-7-5-14(22)6-8-15/h3-10,17,28H,11-12H2,1-2H3,(H,23,29)(H,24,30). The van der Waals surface area contributed by atoms with Gasteiger partial charge in [-0.25, -0.2) is 4.39 Å². The molecule has 0 fully saturated rings. The molecule has 9 nitrogen and oxygen atoms in total. The lowest BCUT2D eigenvalue weighted by Gasteiger charge is -2.16. The van der Waals surface area contributed by atoms with Crippen LogP contribution in [0.5, 0.6) is 5.75 Å². The van der Waals surface area contributed by atoms with Crippen LogP contribution in [0, 0.1) is 5.82 Å². The Morgan fingerprint density at radius 2 is 1.84 bits per heavy atom. The van der Waals surface area contributed by atoms with Crippen molar-refractivity contribution in [2.24, 2.45) is 7.05 Å². The van der Waals surface area contributed by atoms with Crippen LogP contribution in [0.1, 0.15) is 22.2 Å². The van der Waals surface area contributed by atoms with Gasteiger partial charge in [0.25, 0.3) is 5.91 Å². The molecule has 3 N–H and O–H groups in total. The van der Waals surface area contributed by atoms with Crippen molar-refractivity contribution in [1.82, 2.24) is 20.1 Å². The van der Waals surface area contributed by atoms with Crippen LogP contribution in [0.2, 0.25) is 0 Å². The maximum Gasteiger partial charge on any atom is 0.251 e. The van der Waals surface area contributed by atoms with E-state index < -0.39 is 6.04 Å². The first kappa shape index (κ1) is 23.2. The number of aliphatic hydroxyl groups excluding tert-OH is 1. The van der Waals surface area contributed by atoms with Gasteiger partial charge in [0, 0.05) is 18.3 Å². The highest BCUT2D eigenvalue weighted by Crippen LogP contribution is 2.20. The van der Waals surface area contributed by atoms with Gasteiger partial charge in [0.2, 0.25) is 5.91 Å². The molecule has 1 aromatic heterocycles. The number of halogens is 1. The number of anilines is 1. The zero-order valence-corrected chi connectivity index (χ0v) is 18.2. The minimum atomic E-state index is -0.788. The third kappa shape index (κ3) is 5.83. The highest BCUT2D eigenvalue weighted by molar-refractivity contribution is 7.99. The second-order valence-electron chi connectivity index (χ2n) is 6.68. The molecule has 3 rings (SSSR count). The average molecular weight is 460 g/mol. The number of carbonyl (C=O) groups is 2. The topological polar surface area (TPSA) is 118 Å². The van der Waals surface area contributed by atoms with Crippen molar-refractivity contribution < 1.29 is 23.8 Å². The SMILES string of the molecule is COc1ccc(C(=O)NC(CO)c2nnc(SCC(=O)Nc3ccc(F)cc3)n2C)cc1. The molecule has 11 heteroatoms. The van der Waals surface area contributed by atoms with Gasteiger partial charge in [-0.2, -0.15) is 0 Å². The molecule has 1 atom stereocenters. The summed E-state index contributed by atoms with van der Waals surface area (Å²) >= 11 is 1.14. The number of rotatable bonds is 9. The van der Waals surface area contributed by atoms with E-state index in [0.717, 1.165) is 11.8 Å². The molecule has 32 heavy (non-hydrogen) atoms. The molecule has 2 aromatic carbocycles. The van der Waals surface area contributed by atoms with Crippen molar-refractivity contribution in [2.45, 2.75) is 11.2 Å². The fourth-order valence-corrected chi connectivity index (χ4v) is 3.51. The average Bonchev–Trinajstić information content (AvgIpc) is 3.17. The molecule has 0 saturated carbocycles. The van der Waals surface area contributed by atoms with Crippen LogP contribution in [-0.2, 0) is 11.8 Å². The minimum absolute atomic E-state index is 0.0470. The largest absolute Gasteiger partial charge is 0.497 e. The third-order valence-electron chi connectivity index (χ3n) is 4.48. The van der Waals surface area contributed by atoms with Crippen molar-refractivity contribution in [2.75, 3.05) is 24.8 Å². The van der Waals surface area contributed by atoms with Crippen molar-refractivity contribution in [1.29, 1.82) is 0 Å². The monoisotopic (exact) mass is 459 g/mol. The Morgan fingerprint density at radius 3 is 2.47 bits per heavy atom. The quantitative estimate of drug-likeness (QED) is 0.420. The van der Waals surface area contributed by atoms with Crippen LogP contribution in [0.15, 0.2) is 53.7 Å².